The molecule has 2 aliphatic rings. The molecule has 12 aromatic rings. The first kappa shape index (κ1) is 41.6. The van der Waals surface area contributed by atoms with Crippen molar-refractivity contribution < 1.29 is 0 Å². The van der Waals surface area contributed by atoms with Crippen molar-refractivity contribution in [3.8, 4) is 16.8 Å². The number of allylic oxidation sites excluding steroid dienone is 1. The van der Waals surface area contributed by atoms with E-state index in [9.17, 15) is 0 Å². The molecule has 4 nitrogen and oxygen atoms in total. The first-order chi connectivity index (χ1) is 35.7. The first-order valence-corrected chi connectivity index (χ1v) is 24.9. The summed E-state index contributed by atoms with van der Waals surface area (Å²) in [5.41, 5.74) is 17.8. The van der Waals surface area contributed by atoms with Gasteiger partial charge in [0.05, 0.1) is 28.5 Å². The molecule has 0 fully saturated rings. The van der Waals surface area contributed by atoms with Gasteiger partial charge in [-0.2, -0.15) is 0 Å². The summed E-state index contributed by atoms with van der Waals surface area (Å²) >= 11 is 0. The van der Waals surface area contributed by atoms with Crippen molar-refractivity contribution in [1.82, 2.24) is 4.57 Å². The maximum absolute atomic E-state index is 2.52. The van der Waals surface area contributed by atoms with Crippen LogP contribution < -0.4 is 14.7 Å². The van der Waals surface area contributed by atoms with E-state index < -0.39 is 0 Å². The van der Waals surface area contributed by atoms with Crippen LogP contribution in [-0.4, -0.2) is 10.6 Å². The van der Waals surface area contributed by atoms with Gasteiger partial charge in [-0.25, -0.2) is 0 Å². The van der Waals surface area contributed by atoms with Crippen molar-refractivity contribution in [2.75, 3.05) is 14.7 Å². The van der Waals surface area contributed by atoms with Crippen LogP contribution in [-0.2, 0) is 0 Å². The van der Waals surface area contributed by atoms with Crippen LogP contribution in [0.3, 0.4) is 0 Å². The molecular formula is C68H48N4. The van der Waals surface area contributed by atoms with Gasteiger partial charge in [-0.1, -0.05) is 176 Å². The largest absolute Gasteiger partial charge is 0.333 e. The zero-order valence-electron chi connectivity index (χ0n) is 39.6. The average Bonchev–Trinajstić information content (AvgIpc) is 3.96. The Bertz CT molecular complexity index is 4060. The maximum Gasteiger partial charge on any atom is 0.0634 e. The Morgan fingerprint density at radius 1 is 0.375 bits per heavy atom. The van der Waals surface area contributed by atoms with Crippen molar-refractivity contribution in [1.29, 1.82) is 0 Å². The fourth-order valence-corrected chi connectivity index (χ4v) is 11.6. The van der Waals surface area contributed by atoms with Gasteiger partial charge in [0, 0.05) is 66.9 Å². The maximum atomic E-state index is 2.52. The van der Waals surface area contributed by atoms with Crippen molar-refractivity contribution >= 4 is 88.7 Å². The summed E-state index contributed by atoms with van der Waals surface area (Å²) in [4.78, 5) is 7.40. The van der Waals surface area contributed by atoms with Gasteiger partial charge in [0.15, 0.2) is 0 Å². The van der Waals surface area contributed by atoms with Crippen LogP contribution in [0.15, 0.2) is 279 Å². The number of fused-ring (bicyclic) bond motifs is 8. The molecule has 0 bridgehead atoms. The summed E-state index contributed by atoms with van der Waals surface area (Å²) in [6.45, 7) is 0. The van der Waals surface area contributed by atoms with Crippen LogP contribution in [0.5, 0.6) is 0 Å². The molecular weight excluding hydrogens is 873 g/mol. The van der Waals surface area contributed by atoms with E-state index in [1.165, 1.54) is 71.6 Å². The van der Waals surface area contributed by atoms with Gasteiger partial charge in [-0.05, 0) is 131 Å². The number of para-hydroxylation sites is 4. The molecule has 0 saturated carbocycles. The van der Waals surface area contributed by atoms with Crippen LogP contribution in [0.2, 0.25) is 0 Å². The van der Waals surface area contributed by atoms with Crippen molar-refractivity contribution in [2.45, 2.75) is 12.5 Å². The second-order valence-electron chi connectivity index (χ2n) is 18.9. The molecule has 1 atom stereocenters. The summed E-state index contributed by atoms with van der Waals surface area (Å²) in [6, 6.07) is 95.2. The van der Waals surface area contributed by atoms with Crippen molar-refractivity contribution in [3.63, 3.8) is 0 Å². The van der Waals surface area contributed by atoms with E-state index >= 15 is 0 Å². The monoisotopic (exact) mass is 920 g/mol. The molecule has 11 aromatic carbocycles. The Balaban J connectivity index is 0.847. The first-order valence-electron chi connectivity index (χ1n) is 24.9. The predicted molar refractivity (Wildman–Crippen MR) is 304 cm³/mol. The van der Waals surface area contributed by atoms with Gasteiger partial charge in [-0.15, -0.1) is 0 Å². The fraction of sp³-hybridized carbons (Fsp3) is 0.0294. The molecule has 0 saturated heterocycles. The minimum absolute atomic E-state index is 0.217. The van der Waals surface area contributed by atoms with E-state index in [4.69, 9.17) is 0 Å². The molecule has 1 aliphatic heterocycles. The molecule has 2 heterocycles. The van der Waals surface area contributed by atoms with Crippen LogP contribution in [0.1, 0.15) is 12.0 Å². The zero-order valence-corrected chi connectivity index (χ0v) is 39.6. The van der Waals surface area contributed by atoms with E-state index in [0.717, 1.165) is 51.7 Å². The van der Waals surface area contributed by atoms with Crippen LogP contribution in [0.4, 0.5) is 39.8 Å². The minimum atomic E-state index is 0.217. The standard InChI is InChI=1S/C68H48N4/c1-3-21-51(22-4-1)71-65-29-13-11-27-59(65)61-45-55(41-43-67(61)71)69(63-31-15-19-49-17-7-9-25-57(49)63)53-37-33-47(34-38-53)48-35-39-54(40-36-48)70(64-32-16-20-50-18-8-10-26-58(50)64)56-42-44-68-62(46-56)60-28-12-14-30-66(60)72(68)52-23-5-2-6-24-52/h1-43,45-46,68H,44H2. The second kappa shape index (κ2) is 17.2. The highest BCUT2D eigenvalue weighted by Crippen LogP contribution is 2.50. The Labute approximate surface area is 419 Å². The molecule has 72 heavy (non-hydrogen) atoms. The highest BCUT2D eigenvalue weighted by molar-refractivity contribution is 6.11. The SMILES string of the molecule is C1=C2c3ccccc3N(c3ccccc3)C2CC=C1N(c1ccc(-c2ccc(N(c3ccc4c(c3)c3ccccc3n4-c3ccccc3)c3cccc4ccccc34)cc2)cc1)c1cccc2ccccc12. The molecule has 0 radical (unpaired) electrons. The smallest absolute Gasteiger partial charge is 0.0634 e. The summed E-state index contributed by atoms with van der Waals surface area (Å²) in [5, 5.41) is 7.29. The lowest BCUT2D eigenvalue weighted by Crippen LogP contribution is -2.29. The molecule has 0 N–H and O–H groups in total. The lowest BCUT2D eigenvalue weighted by Gasteiger charge is -2.33. The molecule has 0 spiro atoms. The van der Waals surface area contributed by atoms with E-state index in [-0.39, 0.29) is 6.04 Å². The number of hydrogen-bond acceptors (Lipinski definition) is 3. The Morgan fingerprint density at radius 3 is 1.57 bits per heavy atom. The van der Waals surface area contributed by atoms with Gasteiger partial charge >= 0.3 is 0 Å². The molecule has 1 unspecified atom stereocenters. The number of benzene rings is 11. The summed E-state index contributed by atoms with van der Waals surface area (Å²) in [7, 11) is 0. The molecule has 340 valence electrons. The van der Waals surface area contributed by atoms with E-state index in [1.807, 2.05) is 0 Å². The van der Waals surface area contributed by atoms with Crippen LogP contribution in [0.25, 0.3) is 65.7 Å². The molecule has 14 rings (SSSR count). The Kier molecular flexibility index (Phi) is 9.95. The van der Waals surface area contributed by atoms with Gasteiger partial charge in [-0.3, -0.25) is 0 Å². The summed E-state index contributed by atoms with van der Waals surface area (Å²) in [6.07, 6.45) is 5.76. The van der Waals surface area contributed by atoms with Crippen molar-refractivity contribution in [3.05, 3.63) is 284 Å². The third-order valence-electron chi connectivity index (χ3n) is 14.8. The van der Waals surface area contributed by atoms with E-state index in [0.29, 0.717) is 0 Å². The Hall–Kier alpha value is -9.38. The number of aromatic nitrogens is 1. The lowest BCUT2D eigenvalue weighted by molar-refractivity contribution is 0.820. The fourth-order valence-electron chi connectivity index (χ4n) is 11.6. The van der Waals surface area contributed by atoms with Gasteiger partial charge < -0.3 is 19.3 Å². The van der Waals surface area contributed by atoms with Gasteiger partial charge in [0.1, 0.15) is 0 Å². The third-order valence-corrected chi connectivity index (χ3v) is 14.8. The quantitative estimate of drug-likeness (QED) is 0.143. The second-order valence-corrected chi connectivity index (χ2v) is 18.9. The lowest BCUT2D eigenvalue weighted by atomic mass is 9.93. The number of rotatable bonds is 9. The van der Waals surface area contributed by atoms with Gasteiger partial charge in [0.25, 0.3) is 0 Å². The molecule has 0 amide bonds. The highest BCUT2D eigenvalue weighted by Gasteiger charge is 2.36. The van der Waals surface area contributed by atoms with Gasteiger partial charge in [0.2, 0.25) is 0 Å². The van der Waals surface area contributed by atoms with E-state index in [1.54, 1.807) is 0 Å². The van der Waals surface area contributed by atoms with E-state index in [2.05, 4.69) is 292 Å². The third kappa shape index (κ3) is 6.91. The van der Waals surface area contributed by atoms with Crippen LogP contribution in [0, 0.1) is 0 Å². The number of hydrogen-bond donors (Lipinski definition) is 0. The van der Waals surface area contributed by atoms with Crippen LogP contribution >= 0.6 is 0 Å². The number of anilines is 7. The Morgan fingerprint density at radius 2 is 0.889 bits per heavy atom. The highest BCUT2D eigenvalue weighted by atomic mass is 15.2. The topological polar surface area (TPSA) is 14.7 Å². The molecule has 1 aromatic heterocycles. The summed E-state index contributed by atoms with van der Waals surface area (Å²) < 4.78 is 2.38. The zero-order chi connectivity index (χ0) is 47.5. The average molecular weight is 921 g/mol. The number of nitrogens with zero attached hydrogens (tertiary/aromatic N) is 4. The normalized spacial score (nSPS) is 14.1. The minimum Gasteiger partial charge on any atom is -0.333 e. The molecule has 4 heteroatoms. The summed E-state index contributed by atoms with van der Waals surface area (Å²) in [5.74, 6) is 0. The van der Waals surface area contributed by atoms with Crippen molar-refractivity contribution in [2.24, 2.45) is 0 Å². The predicted octanol–water partition coefficient (Wildman–Crippen LogP) is 18.3. The molecule has 1 aliphatic carbocycles.